The Hall–Kier alpha value is -3.08. The number of primary amides is 1. The number of hydrogen-bond donors (Lipinski definition) is 1. The topological polar surface area (TPSA) is 74.3 Å². The van der Waals surface area contributed by atoms with E-state index in [9.17, 15) is 9.59 Å². The number of aromatic nitrogens is 1. The number of fused-ring (bicyclic) bond motifs is 1. The maximum atomic E-state index is 13.1. The molecule has 3 aromatic rings. The van der Waals surface area contributed by atoms with E-state index in [4.69, 9.17) is 10.5 Å². The molecule has 0 atom stereocenters. The third-order valence-electron chi connectivity index (χ3n) is 4.43. The zero-order valence-corrected chi connectivity index (χ0v) is 15.0. The van der Waals surface area contributed by atoms with Crippen molar-refractivity contribution in [2.24, 2.45) is 5.73 Å². The van der Waals surface area contributed by atoms with Crippen molar-refractivity contribution in [2.75, 3.05) is 6.61 Å². The van der Waals surface area contributed by atoms with Crippen molar-refractivity contribution in [1.82, 2.24) is 4.57 Å². The molecule has 1 aromatic heterocycles. The van der Waals surface area contributed by atoms with Gasteiger partial charge in [0.05, 0.1) is 17.7 Å². The van der Waals surface area contributed by atoms with Crippen LogP contribution in [0.3, 0.4) is 0 Å². The van der Waals surface area contributed by atoms with Gasteiger partial charge < -0.3 is 10.5 Å². The molecule has 3 rings (SSSR count). The fraction of sp³-hybridized carbons (Fsp3) is 0.238. The van der Waals surface area contributed by atoms with Crippen LogP contribution in [-0.4, -0.2) is 23.0 Å². The third kappa shape index (κ3) is 3.20. The van der Waals surface area contributed by atoms with E-state index in [0.717, 1.165) is 18.6 Å². The average molecular weight is 350 g/mol. The van der Waals surface area contributed by atoms with Crippen molar-refractivity contribution in [2.45, 2.75) is 26.7 Å². The maximum absolute atomic E-state index is 13.1. The largest absolute Gasteiger partial charge is 0.494 e. The summed E-state index contributed by atoms with van der Waals surface area (Å²) in [6.07, 6.45) is 2.06. The minimum atomic E-state index is -0.537. The number of para-hydroxylation sites is 1. The molecule has 0 bridgehead atoms. The van der Waals surface area contributed by atoms with E-state index in [-0.39, 0.29) is 5.91 Å². The van der Waals surface area contributed by atoms with Crippen LogP contribution < -0.4 is 10.5 Å². The van der Waals surface area contributed by atoms with Gasteiger partial charge in [0.15, 0.2) is 0 Å². The summed E-state index contributed by atoms with van der Waals surface area (Å²) in [5, 5.41) is 0.686. The van der Waals surface area contributed by atoms with Crippen molar-refractivity contribution in [3.05, 3.63) is 65.4 Å². The molecule has 2 aromatic carbocycles. The van der Waals surface area contributed by atoms with Gasteiger partial charge in [0, 0.05) is 16.6 Å². The van der Waals surface area contributed by atoms with Crippen LogP contribution in [0.2, 0.25) is 0 Å². The molecular formula is C21H22N2O3. The van der Waals surface area contributed by atoms with E-state index in [1.807, 2.05) is 18.2 Å². The number of ether oxygens (including phenoxy) is 1. The van der Waals surface area contributed by atoms with Crippen LogP contribution in [-0.2, 0) is 0 Å². The Balaban J connectivity index is 1.98. The molecule has 1 heterocycles. The molecule has 0 saturated heterocycles. The Morgan fingerprint density at radius 3 is 2.42 bits per heavy atom. The number of carbonyl (C=O) groups is 2. The number of nitrogens with two attached hydrogens (primary N) is 1. The van der Waals surface area contributed by atoms with Crippen molar-refractivity contribution in [3.8, 4) is 5.75 Å². The molecule has 26 heavy (non-hydrogen) atoms. The molecule has 0 saturated carbocycles. The first-order valence-electron chi connectivity index (χ1n) is 8.72. The zero-order chi connectivity index (χ0) is 18.7. The van der Waals surface area contributed by atoms with Gasteiger partial charge in [-0.15, -0.1) is 0 Å². The Kier molecular flexibility index (Phi) is 5.07. The quantitative estimate of drug-likeness (QED) is 0.685. The van der Waals surface area contributed by atoms with Crippen LogP contribution >= 0.6 is 0 Å². The third-order valence-corrected chi connectivity index (χ3v) is 4.43. The average Bonchev–Trinajstić information content (AvgIpc) is 2.94. The van der Waals surface area contributed by atoms with Crippen molar-refractivity contribution in [1.29, 1.82) is 0 Å². The Morgan fingerprint density at radius 2 is 1.77 bits per heavy atom. The fourth-order valence-electron chi connectivity index (χ4n) is 3.10. The second-order valence-electron chi connectivity index (χ2n) is 6.21. The summed E-state index contributed by atoms with van der Waals surface area (Å²) >= 11 is 0. The number of rotatable bonds is 6. The highest BCUT2D eigenvalue weighted by Gasteiger charge is 2.22. The van der Waals surface area contributed by atoms with Gasteiger partial charge in [-0.05, 0) is 43.7 Å². The number of unbranched alkanes of at least 4 members (excludes halogenated alkanes) is 1. The van der Waals surface area contributed by atoms with Gasteiger partial charge in [-0.25, -0.2) is 0 Å². The van der Waals surface area contributed by atoms with Gasteiger partial charge in [-0.3, -0.25) is 14.2 Å². The van der Waals surface area contributed by atoms with Crippen LogP contribution in [0, 0.1) is 6.92 Å². The van der Waals surface area contributed by atoms with Gasteiger partial charge >= 0.3 is 0 Å². The molecule has 0 aliphatic heterocycles. The SMILES string of the molecule is CCCCOc1ccc(C(=O)n2c(C)c(C(N)=O)c3ccccc32)cc1. The number of amides is 1. The lowest BCUT2D eigenvalue weighted by Gasteiger charge is -2.09. The Bertz CT molecular complexity index is 955. The van der Waals surface area contributed by atoms with Gasteiger partial charge in [0.2, 0.25) is 0 Å². The first-order chi connectivity index (χ1) is 12.5. The maximum Gasteiger partial charge on any atom is 0.262 e. The summed E-state index contributed by atoms with van der Waals surface area (Å²) in [5.74, 6) is -0.00172. The van der Waals surface area contributed by atoms with Crippen molar-refractivity contribution >= 4 is 22.7 Å². The smallest absolute Gasteiger partial charge is 0.262 e. The molecule has 5 nitrogen and oxygen atoms in total. The summed E-state index contributed by atoms with van der Waals surface area (Å²) in [7, 11) is 0. The second kappa shape index (κ2) is 7.44. The standard InChI is InChI=1S/C21H22N2O3/c1-3-4-13-26-16-11-9-15(10-12-16)21(25)23-14(2)19(20(22)24)17-7-5-6-8-18(17)23/h5-12H,3-4,13H2,1-2H3,(H2,22,24). The Labute approximate surface area is 152 Å². The van der Waals surface area contributed by atoms with E-state index in [0.29, 0.717) is 34.3 Å². The molecule has 0 fully saturated rings. The lowest BCUT2D eigenvalue weighted by atomic mass is 10.1. The molecule has 0 aliphatic carbocycles. The molecule has 5 heteroatoms. The molecular weight excluding hydrogens is 328 g/mol. The molecule has 0 radical (unpaired) electrons. The van der Waals surface area contributed by atoms with Crippen LogP contribution in [0.1, 0.15) is 46.2 Å². The van der Waals surface area contributed by atoms with E-state index in [1.165, 1.54) is 0 Å². The summed E-state index contributed by atoms with van der Waals surface area (Å²) in [4.78, 5) is 24.9. The zero-order valence-electron chi connectivity index (χ0n) is 15.0. The number of carbonyl (C=O) groups excluding carboxylic acids is 2. The number of nitrogens with zero attached hydrogens (tertiary/aromatic N) is 1. The van der Waals surface area contributed by atoms with E-state index >= 15 is 0 Å². The van der Waals surface area contributed by atoms with E-state index in [2.05, 4.69) is 6.92 Å². The molecule has 0 aliphatic rings. The molecule has 0 unspecified atom stereocenters. The minimum absolute atomic E-state index is 0.202. The van der Waals surface area contributed by atoms with Crippen molar-refractivity contribution in [3.63, 3.8) is 0 Å². The normalized spacial score (nSPS) is 10.8. The molecule has 0 spiro atoms. The number of hydrogen-bond acceptors (Lipinski definition) is 3. The van der Waals surface area contributed by atoms with Gasteiger partial charge in [0.1, 0.15) is 5.75 Å². The van der Waals surface area contributed by atoms with Crippen LogP contribution in [0.15, 0.2) is 48.5 Å². The van der Waals surface area contributed by atoms with Crippen molar-refractivity contribution < 1.29 is 14.3 Å². The highest BCUT2D eigenvalue weighted by Crippen LogP contribution is 2.27. The van der Waals surface area contributed by atoms with Gasteiger partial charge in [-0.1, -0.05) is 31.5 Å². The summed E-state index contributed by atoms with van der Waals surface area (Å²) in [5.41, 5.74) is 7.66. The summed E-state index contributed by atoms with van der Waals surface area (Å²) < 4.78 is 7.18. The lowest BCUT2D eigenvalue weighted by molar-refractivity contribution is 0.0963. The minimum Gasteiger partial charge on any atom is -0.494 e. The second-order valence-corrected chi connectivity index (χ2v) is 6.21. The van der Waals surface area contributed by atoms with E-state index < -0.39 is 5.91 Å². The van der Waals surface area contributed by atoms with E-state index in [1.54, 1.807) is 41.8 Å². The number of benzene rings is 2. The first kappa shape index (κ1) is 17.7. The van der Waals surface area contributed by atoms with Crippen LogP contribution in [0.4, 0.5) is 0 Å². The molecule has 1 amide bonds. The summed E-state index contributed by atoms with van der Waals surface area (Å²) in [6, 6.07) is 14.3. The Morgan fingerprint density at radius 1 is 1.08 bits per heavy atom. The van der Waals surface area contributed by atoms with Gasteiger partial charge in [-0.2, -0.15) is 0 Å². The first-order valence-corrected chi connectivity index (χ1v) is 8.72. The molecule has 2 N–H and O–H groups in total. The fourth-order valence-corrected chi connectivity index (χ4v) is 3.10. The van der Waals surface area contributed by atoms with Crippen LogP contribution in [0.5, 0.6) is 5.75 Å². The highest BCUT2D eigenvalue weighted by molar-refractivity contribution is 6.12. The lowest BCUT2D eigenvalue weighted by Crippen LogP contribution is -2.16. The highest BCUT2D eigenvalue weighted by atomic mass is 16.5. The predicted molar refractivity (Wildman–Crippen MR) is 102 cm³/mol. The van der Waals surface area contributed by atoms with Crippen LogP contribution in [0.25, 0.3) is 10.9 Å². The monoisotopic (exact) mass is 350 g/mol. The summed E-state index contributed by atoms with van der Waals surface area (Å²) in [6.45, 7) is 4.50. The predicted octanol–water partition coefficient (Wildman–Crippen LogP) is 3.92. The van der Waals surface area contributed by atoms with Gasteiger partial charge in [0.25, 0.3) is 11.8 Å². The molecule has 134 valence electrons.